The van der Waals surface area contributed by atoms with Crippen molar-refractivity contribution >= 4 is 30.1 Å². The van der Waals surface area contributed by atoms with E-state index in [-0.39, 0.29) is 31.8 Å². The number of hydrogen-bond donors (Lipinski definition) is 0. The fourth-order valence-corrected chi connectivity index (χ4v) is 4.18. The van der Waals surface area contributed by atoms with Gasteiger partial charge < -0.3 is 37.9 Å². The smallest absolute Gasteiger partial charge is 0.497 e. The van der Waals surface area contributed by atoms with Crippen molar-refractivity contribution in [2.75, 3.05) is 26.9 Å². The number of alkyl halides is 2. The number of aromatic nitrogens is 1. The van der Waals surface area contributed by atoms with Gasteiger partial charge in [-0.1, -0.05) is 23.7 Å². The lowest BCUT2D eigenvalue weighted by Crippen LogP contribution is -2.62. The summed E-state index contributed by atoms with van der Waals surface area (Å²) in [6.45, 7) is 3.80. The Morgan fingerprint density at radius 1 is 0.929 bits per heavy atom. The predicted molar refractivity (Wildman–Crippen MR) is 140 cm³/mol. The maximum absolute atomic E-state index is 15.7. The number of benzene rings is 1. The Balaban J connectivity index is 2.09. The molecule has 230 valence electrons. The van der Waals surface area contributed by atoms with Crippen LogP contribution in [0.4, 0.5) is 23.2 Å². The van der Waals surface area contributed by atoms with Crippen molar-refractivity contribution in [1.82, 2.24) is 4.98 Å². The first-order valence-corrected chi connectivity index (χ1v) is 13.2. The van der Waals surface area contributed by atoms with E-state index >= 15 is 8.78 Å². The van der Waals surface area contributed by atoms with Gasteiger partial charge in [-0.3, -0.25) is 4.98 Å². The maximum atomic E-state index is 15.7. The zero-order chi connectivity index (χ0) is 30.9. The molecular weight excluding hydrogens is 588 g/mol. The second-order valence-electron chi connectivity index (χ2n) is 8.57. The van der Waals surface area contributed by atoms with Crippen LogP contribution < -0.4 is 4.74 Å². The van der Waals surface area contributed by atoms with Gasteiger partial charge in [-0.05, 0) is 44.0 Å². The number of hydrogen-bond acceptors (Lipinski definition) is 12. The van der Waals surface area contributed by atoms with Crippen LogP contribution in [0.25, 0.3) is 0 Å². The molecule has 3 rings (SSSR count). The van der Waals surface area contributed by atoms with Gasteiger partial charge in [-0.25, -0.2) is 14.4 Å². The van der Waals surface area contributed by atoms with E-state index in [1.165, 1.54) is 52.3 Å². The Morgan fingerprint density at radius 2 is 1.55 bits per heavy atom. The fraction of sp³-hybridized carbons (Fsp3) is 0.481. The van der Waals surface area contributed by atoms with Gasteiger partial charge in [0.2, 0.25) is 6.10 Å². The van der Waals surface area contributed by atoms with Crippen LogP contribution in [-0.2, 0) is 39.6 Å². The lowest BCUT2D eigenvalue weighted by Gasteiger charge is -2.44. The van der Waals surface area contributed by atoms with Crippen molar-refractivity contribution in [3.8, 4) is 5.75 Å². The van der Waals surface area contributed by atoms with Gasteiger partial charge in [0, 0.05) is 29.4 Å². The number of rotatable bonds is 10. The largest absolute Gasteiger partial charge is 0.510 e. The highest BCUT2D eigenvalue weighted by atomic mass is 35.5. The molecule has 2 heterocycles. The van der Waals surface area contributed by atoms with Gasteiger partial charge in [0.05, 0.1) is 26.9 Å². The minimum atomic E-state index is -4.26. The first kappa shape index (κ1) is 32.6. The summed E-state index contributed by atoms with van der Waals surface area (Å²) in [6, 6.07) is 7.72. The van der Waals surface area contributed by atoms with Crippen molar-refractivity contribution in [2.24, 2.45) is 0 Å². The molecule has 0 amide bonds. The first-order valence-electron chi connectivity index (χ1n) is 12.8. The standard InChI is InChI=1S/C27H30ClF2NO11/c1-5-36-24(32)40-21-20(15-8-9-19(28)16(12-15)13-17-14-18(35-4)10-11-31-17)39-23(42-26(34)38-7-3)27(29,30)22(21)41-25(33)37-6-2/h8-12,14,20-23H,5-7,13H2,1-4H3/t20-,21-,22+,23+/m0/s1. The number of methoxy groups -OCH3 is 1. The van der Waals surface area contributed by atoms with E-state index in [1.54, 1.807) is 12.1 Å². The molecule has 0 radical (unpaired) electrons. The number of carbonyl (C=O) groups is 3. The topological polar surface area (TPSA) is 138 Å². The number of ether oxygens (including phenoxy) is 8. The molecule has 0 N–H and O–H groups in total. The van der Waals surface area contributed by atoms with Gasteiger partial charge >= 0.3 is 24.4 Å². The van der Waals surface area contributed by atoms with E-state index in [0.29, 0.717) is 22.0 Å². The maximum Gasteiger partial charge on any atom is 0.510 e. The molecule has 2 aromatic rings. The highest BCUT2D eigenvalue weighted by molar-refractivity contribution is 6.31. The number of pyridine rings is 1. The molecule has 1 aliphatic rings. The van der Waals surface area contributed by atoms with Crippen molar-refractivity contribution in [1.29, 1.82) is 0 Å². The summed E-state index contributed by atoms with van der Waals surface area (Å²) in [6.07, 6.45) is -11.4. The minimum Gasteiger partial charge on any atom is -0.497 e. The van der Waals surface area contributed by atoms with Gasteiger partial charge in [0.25, 0.3) is 6.29 Å². The predicted octanol–water partition coefficient (Wildman–Crippen LogP) is 5.62. The van der Waals surface area contributed by atoms with Crippen molar-refractivity contribution in [3.05, 3.63) is 58.4 Å². The molecule has 1 saturated heterocycles. The van der Waals surface area contributed by atoms with Crippen molar-refractivity contribution in [2.45, 2.75) is 57.7 Å². The van der Waals surface area contributed by atoms with E-state index in [9.17, 15) is 14.4 Å². The minimum absolute atomic E-state index is 0.149. The van der Waals surface area contributed by atoms with Crippen LogP contribution in [0.2, 0.25) is 5.02 Å². The number of carbonyl (C=O) groups excluding carboxylic acids is 3. The lowest BCUT2D eigenvalue weighted by molar-refractivity contribution is -0.346. The van der Waals surface area contributed by atoms with Gasteiger partial charge in [-0.15, -0.1) is 0 Å². The summed E-state index contributed by atoms with van der Waals surface area (Å²) in [7, 11) is 1.50. The summed E-state index contributed by atoms with van der Waals surface area (Å²) >= 11 is 6.43. The molecule has 15 heteroatoms. The molecule has 0 unspecified atom stereocenters. The van der Waals surface area contributed by atoms with Crippen LogP contribution in [0.3, 0.4) is 0 Å². The molecule has 42 heavy (non-hydrogen) atoms. The molecule has 1 fully saturated rings. The Hall–Kier alpha value is -3.91. The molecule has 0 aliphatic carbocycles. The molecule has 1 aromatic carbocycles. The summed E-state index contributed by atoms with van der Waals surface area (Å²) < 4.78 is 71.3. The Labute approximate surface area is 245 Å². The zero-order valence-corrected chi connectivity index (χ0v) is 23.9. The van der Waals surface area contributed by atoms with E-state index in [2.05, 4.69) is 14.5 Å². The van der Waals surface area contributed by atoms with Crippen LogP contribution in [0.1, 0.15) is 43.7 Å². The third-order valence-corrected chi connectivity index (χ3v) is 6.17. The SMILES string of the molecule is CCOC(=O)O[C@@H]1[C@@H](OC(=O)OCC)C(F)(F)[C@@H](OC(=O)OCC)O[C@H]1c1ccc(Cl)c(Cc2cc(OC)ccn2)c1. The number of halogens is 3. The Bertz CT molecular complexity index is 1250. The highest BCUT2D eigenvalue weighted by Crippen LogP contribution is 2.45. The molecule has 0 spiro atoms. The monoisotopic (exact) mass is 617 g/mol. The molecule has 1 aliphatic heterocycles. The van der Waals surface area contributed by atoms with Crippen molar-refractivity contribution in [3.63, 3.8) is 0 Å². The van der Waals surface area contributed by atoms with E-state index in [4.69, 9.17) is 40.0 Å². The van der Waals surface area contributed by atoms with Crippen LogP contribution in [0.5, 0.6) is 5.75 Å². The first-order chi connectivity index (χ1) is 20.0. The quantitative estimate of drug-likeness (QED) is 0.241. The van der Waals surface area contributed by atoms with Crippen molar-refractivity contribution < 1.29 is 61.1 Å². The Morgan fingerprint density at radius 3 is 2.17 bits per heavy atom. The average molecular weight is 618 g/mol. The van der Waals surface area contributed by atoms with E-state index in [1.807, 2.05) is 0 Å². The summed E-state index contributed by atoms with van der Waals surface area (Å²) in [5, 5.41) is 0.297. The van der Waals surface area contributed by atoms with E-state index in [0.717, 1.165) is 0 Å². The van der Waals surface area contributed by atoms with Gasteiger partial charge in [0.1, 0.15) is 11.9 Å². The summed E-state index contributed by atoms with van der Waals surface area (Å²) in [4.78, 5) is 40.9. The second kappa shape index (κ2) is 14.8. The summed E-state index contributed by atoms with van der Waals surface area (Å²) in [5.41, 5.74) is 1.20. The molecule has 12 nitrogen and oxygen atoms in total. The lowest BCUT2D eigenvalue weighted by atomic mass is 9.91. The molecule has 1 aromatic heterocycles. The molecule has 4 atom stereocenters. The highest BCUT2D eigenvalue weighted by Gasteiger charge is 2.65. The summed E-state index contributed by atoms with van der Waals surface area (Å²) in [5.74, 6) is -3.71. The van der Waals surface area contributed by atoms with Gasteiger partial charge in [0.15, 0.2) is 6.10 Å². The molecular formula is C27H30ClF2NO11. The molecule has 0 saturated carbocycles. The van der Waals surface area contributed by atoms with Crippen LogP contribution in [0.15, 0.2) is 36.5 Å². The number of nitrogens with zero attached hydrogens (tertiary/aromatic N) is 1. The Kier molecular flexibility index (Phi) is 11.5. The zero-order valence-electron chi connectivity index (χ0n) is 23.2. The third kappa shape index (κ3) is 8.10. The van der Waals surface area contributed by atoms with Crippen LogP contribution >= 0.6 is 11.6 Å². The van der Waals surface area contributed by atoms with E-state index < -0.39 is 49.0 Å². The van der Waals surface area contributed by atoms with Gasteiger partial charge in [-0.2, -0.15) is 8.78 Å². The van der Waals surface area contributed by atoms with Crippen LogP contribution in [0, 0.1) is 0 Å². The fourth-order valence-electron chi connectivity index (χ4n) is 4.00. The molecule has 0 bridgehead atoms. The van der Waals surface area contributed by atoms with Crippen LogP contribution in [-0.4, -0.2) is 74.8 Å². The second-order valence-corrected chi connectivity index (χ2v) is 8.97. The average Bonchev–Trinajstić information content (AvgIpc) is 2.94. The normalized spacial score (nSPS) is 21.0. The third-order valence-electron chi connectivity index (χ3n) is 5.80.